The highest BCUT2D eigenvalue weighted by Gasteiger charge is 2.19. The second kappa shape index (κ2) is 6.85. The van der Waals surface area contributed by atoms with Crippen LogP contribution in [0.1, 0.15) is 5.56 Å². The summed E-state index contributed by atoms with van der Waals surface area (Å²) in [5.74, 6) is 0. The van der Waals surface area contributed by atoms with Gasteiger partial charge in [-0.15, -0.1) is 0 Å². The Bertz CT molecular complexity index is 516. The summed E-state index contributed by atoms with van der Waals surface area (Å²) in [7, 11) is -0.568. The van der Waals surface area contributed by atoms with Crippen LogP contribution in [0.3, 0.4) is 0 Å². The normalized spacial score (nSPS) is 13.4. The summed E-state index contributed by atoms with van der Waals surface area (Å²) >= 11 is 0. The first-order chi connectivity index (χ1) is 8.90. The van der Waals surface area contributed by atoms with Crippen molar-refractivity contribution in [3.63, 3.8) is 0 Å². The van der Waals surface area contributed by atoms with Gasteiger partial charge >= 0.3 is 0 Å². The van der Waals surface area contributed by atoms with Crippen molar-refractivity contribution in [2.45, 2.75) is 17.9 Å². The Morgan fingerprint density at radius 2 is 2.05 bits per heavy atom. The molecule has 0 saturated heterocycles. The Hall–Kier alpha value is -1.15. The minimum absolute atomic E-state index is 0.140. The summed E-state index contributed by atoms with van der Waals surface area (Å²) < 4.78 is 36.9. The summed E-state index contributed by atoms with van der Waals surface area (Å²) in [5, 5.41) is 0. The molecule has 0 saturated carbocycles. The molecule has 19 heavy (non-hydrogen) atoms. The lowest BCUT2D eigenvalue weighted by molar-refractivity contribution is 0.0320. The molecule has 0 spiro atoms. The number of anilines is 1. The van der Waals surface area contributed by atoms with E-state index in [0.717, 1.165) is 0 Å². The van der Waals surface area contributed by atoms with E-state index in [-0.39, 0.29) is 17.5 Å². The summed E-state index contributed by atoms with van der Waals surface area (Å²) in [5.41, 5.74) is 6.67. The van der Waals surface area contributed by atoms with Crippen LogP contribution in [0, 0.1) is 6.92 Å². The van der Waals surface area contributed by atoms with Gasteiger partial charge in [-0.25, -0.2) is 13.1 Å². The van der Waals surface area contributed by atoms with Gasteiger partial charge in [-0.3, -0.25) is 0 Å². The van der Waals surface area contributed by atoms with E-state index < -0.39 is 10.0 Å². The van der Waals surface area contributed by atoms with Crippen LogP contribution in [0.15, 0.2) is 23.1 Å². The number of methoxy groups -OCH3 is 2. The lowest BCUT2D eigenvalue weighted by Crippen LogP contribution is -2.35. The zero-order valence-corrected chi connectivity index (χ0v) is 12.2. The van der Waals surface area contributed by atoms with Crippen molar-refractivity contribution in [2.75, 3.05) is 33.1 Å². The molecule has 1 aromatic rings. The monoisotopic (exact) mass is 288 g/mol. The molecule has 0 aromatic heterocycles. The van der Waals surface area contributed by atoms with E-state index in [1.54, 1.807) is 19.1 Å². The van der Waals surface area contributed by atoms with Crippen LogP contribution < -0.4 is 10.5 Å². The van der Waals surface area contributed by atoms with E-state index in [4.69, 9.17) is 15.2 Å². The number of benzene rings is 1. The summed E-state index contributed by atoms with van der Waals surface area (Å²) in [6.07, 6.45) is -0.332. The maximum Gasteiger partial charge on any atom is 0.240 e. The fourth-order valence-corrected chi connectivity index (χ4v) is 2.93. The topological polar surface area (TPSA) is 90.7 Å². The fourth-order valence-electron chi connectivity index (χ4n) is 1.58. The minimum Gasteiger partial charge on any atom is -0.399 e. The van der Waals surface area contributed by atoms with Crippen LogP contribution in [0.5, 0.6) is 0 Å². The van der Waals surface area contributed by atoms with Crippen molar-refractivity contribution in [1.29, 1.82) is 0 Å². The highest BCUT2D eigenvalue weighted by atomic mass is 32.2. The molecule has 6 nitrogen and oxygen atoms in total. The van der Waals surface area contributed by atoms with E-state index in [9.17, 15) is 8.42 Å². The molecule has 0 radical (unpaired) electrons. The molecule has 0 aliphatic rings. The van der Waals surface area contributed by atoms with E-state index in [0.29, 0.717) is 17.9 Å². The zero-order chi connectivity index (χ0) is 14.5. The second-order valence-electron chi connectivity index (χ2n) is 4.19. The van der Waals surface area contributed by atoms with Gasteiger partial charge in [-0.2, -0.15) is 0 Å². The fraction of sp³-hybridized carbons (Fsp3) is 0.500. The maximum atomic E-state index is 12.2. The Kier molecular flexibility index (Phi) is 5.74. The smallest absolute Gasteiger partial charge is 0.240 e. The van der Waals surface area contributed by atoms with Crippen LogP contribution in [0.4, 0.5) is 5.69 Å². The first-order valence-corrected chi connectivity index (χ1v) is 7.26. The molecule has 3 N–H and O–H groups in total. The molecule has 0 aliphatic carbocycles. The molecule has 0 amide bonds. The highest BCUT2D eigenvalue weighted by molar-refractivity contribution is 7.89. The molecule has 0 fully saturated rings. The molecule has 108 valence electrons. The van der Waals surface area contributed by atoms with Crippen molar-refractivity contribution in [3.05, 3.63) is 23.8 Å². The van der Waals surface area contributed by atoms with Gasteiger partial charge in [0, 0.05) is 26.5 Å². The maximum absolute atomic E-state index is 12.2. The molecule has 1 unspecified atom stereocenters. The van der Waals surface area contributed by atoms with Crippen LogP contribution in [0.2, 0.25) is 0 Å². The largest absolute Gasteiger partial charge is 0.399 e. The highest BCUT2D eigenvalue weighted by Crippen LogP contribution is 2.18. The average molecular weight is 288 g/mol. The number of nitrogens with one attached hydrogen (secondary N) is 1. The molecule has 0 aliphatic heterocycles. The van der Waals surface area contributed by atoms with Crippen molar-refractivity contribution < 1.29 is 17.9 Å². The third-order valence-electron chi connectivity index (χ3n) is 2.69. The van der Waals surface area contributed by atoms with Crippen LogP contribution in [-0.4, -0.2) is 41.9 Å². The number of nitrogens with two attached hydrogens (primary N) is 1. The van der Waals surface area contributed by atoms with Crippen LogP contribution in [0.25, 0.3) is 0 Å². The molecule has 1 rings (SSSR count). The zero-order valence-electron chi connectivity index (χ0n) is 11.3. The van der Waals surface area contributed by atoms with Crippen molar-refractivity contribution in [3.8, 4) is 0 Å². The summed E-state index contributed by atoms with van der Waals surface area (Å²) in [6, 6.07) is 4.78. The molecule has 0 heterocycles. The van der Waals surface area contributed by atoms with Gasteiger partial charge in [0.1, 0.15) is 0 Å². The Morgan fingerprint density at radius 3 is 2.63 bits per heavy atom. The number of aryl methyl sites for hydroxylation is 1. The van der Waals surface area contributed by atoms with Crippen molar-refractivity contribution >= 4 is 15.7 Å². The number of hydrogen-bond acceptors (Lipinski definition) is 5. The summed E-state index contributed by atoms with van der Waals surface area (Å²) in [6.45, 7) is 2.17. The van der Waals surface area contributed by atoms with Gasteiger partial charge in [0.05, 0.1) is 17.6 Å². The first-order valence-electron chi connectivity index (χ1n) is 5.78. The van der Waals surface area contributed by atoms with E-state index in [2.05, 4.69) is 4.72 Å². The number of sulfonamides is 1. The van der Waals surface area contributed by atoms with Crippen molar-refractivity contribution in [2.24, 2.45) is 0 Å². The third-order valence-corrected chi connectivity index (χ3v) is 4.25. The second-order valence-corrected chi connectivity index (χ2v) is 5.93. The Morgan fingerprint density at radius 1 is 1.37 bits per heavy atom. The number of rotatable bonds is 7. The van der Waals surface area contributed by atoms with Crippen molar-refractivity contribution in [1.82, 2.24) is 4.72 Å². The molecular weight excluding hydrogens is 268 g/mol. The molecule has 1 aromatic carbocycles. The minimum atomic E-state index is -3.60. The predicted molar refractivity (Wildman–Crippen MR) is 73.5 cm³/mol. The molecule has 0 bridgehead atoms. The third kappa shape index (κ3) is 4.46. The first kappa shape index (κ1) is 15.9. The number of ether oxygens (including phenoxy) is 2. The Labute approximate surface area is 113 Å². The van der Waals surface area contributed by atoms with E-state index >= 15 is 0 Å². The molecule has 1 atom stereocenters. The van der Waals surface area contributed by atoms with Gasteiger partial charge in [0.15, 0.2) is 0 Å². The SMILES string of the molecule is COCC(CNS(=O)(=O)c1cc(N)ccc1C)OC. The lowest BCUT2D eigenvalue weighted by atomic mass is 10.2. The van der Waals surface area contributed by atoms with Gasteiger partial charge in [0.2, 0.25) is 10.0 Å². The van der Waals surface area contributed by atoms with E-state index in [1.807, 2.05) is 0 Å². The van der Waals surface area contributed by atoms with Crippen LogP contribution >= 0.6 is 0 Å². The van der Waals surface area contributed by atoms with E-state index in [1.165, 1.54) is 20.3 Å². The lowest BCUT2D eigenvalue weighted by Gasteiger charge is -2.16. The average Bonchev–Trinajstić information content (AvgIpc) is 2.37. The predicted octanol–water partition coefficient (Wildman–Crippen LogP) is 0.517. The van der Waals surface area contributed by atoms with Gasteiger partial charge in [-0.1, -0.05) is 6.07 Å². The Balaban J connectivity index is 2.83. The number of hydrogen-bond donors (Lipinski definition) is 2. The number of nitrogen functional groups attached to an aromatic ring is 1. The van der Waals surface area contributed by atoms with Gasteiger partial charge < -0.3 is 15.2 Å². The molecular formula is C12H20N2O4S. The van der Waals surface area contributed by atoms with Gasteiger partial charge in [-0.05, 0) is 24.6 Å². The van der Waals surface area contributed by atoms with Crippen LogP contribution in [-0.2, 0) is 19.5 Å². The standard InChI is InChI=1S/C12H20N2O4S/c1-9-4-5-10(13)6-12(9)19(15,16)14-7-11(18-3)8-17-2/h4-6,11,14H,7-8,13H2,1-3H3. The quantitative estimate of drug-likeness (QED) is 0.714. The van der Waals surface area contributed by atoms with Gasteiger partial charge in [0.25, 0.3) is 0 Å². The summed E-state index contributed by atoms with van der Waals surface area (Å²) in [4.78, 5) is 0.180. The molecule has 7 heteroatoms.